The molecule has 0 radical (unpaired) electrons. The van der Waals surface area contributed by atoms with Crippen molar-refractivity contribution in [2.24, 2.45) is 0 Å². The van der Waals surface area contributed by atoms with Crippen LogP contribution in [0, 0.1) is 6.92 Å². The molecule has 0 aliphatic rings. The number of aliphatic carboxylic acids is 1. The van der Waals surface area contributed by atoms with Gasteiger partial charge in [0, 0.05) is 6.42 Å². The molecule has 3 nitrogen and oxygen atoms in total. The van der Waals surface area contributed by atoms with E-state index in [-0.39, 0.29) is 6.42 Å². The lowest BCUT2D eigenvalue weighted by atomic mass is 10.0. The Morgan fingerprint density at radius 3 is 2.62 bits per heavy atom. The molecule has 0 saturated carbocycles. The van der Waals surface area contributed by atoms with Crippen LogP contribution in [-0.2, 0) is 4.79 Å². The Morgan fingerprint density at radius 1 is 1.12 bits per heavy atom. The maximum absolute atomic E-state index is 10.8. The van der Waals surface area contributed by atoms with Gasteiger partial charge in [0.25, 0.3) is 0 Å². The van der Waals surface area contributed by atoms with Crippen molar-refractivity contribution in [3.63, 3.8) is 0 Å². The standard InChI is InChI=1S/C20H19NO2S/c1-14-7-2-3-8-15(14)13-16(9-6-12-19(22)23)20-21-17-10-4-5-11-18(17)24-20/h2-5,7-8,10-11,13H,6,9,12H2,1H3,(H,22,23)/b16-13+. The summed E-state index contributed by atoms with van der Waals surface area (Å²) in [5.74, 6) is -0.755. The molecule has 1 aromatic heterocycles. The summed E-state index contributed by atoms with van der Waals surface area (Å²) in [5.41, 5.74) is 4.45. The Hall–Kier alpha value is -2.46. The van der Waals surface area contributed by atoms with Crippen molar-refractivity contribution in [3.05, 3.63) is 64.7 Å². The zero-order valence-electron chi connectivity index (χ0n) is 13.5. The molecule has 0 amide bonds. The molecule has 1 N–H and O–H groups in total. The monoisotopic (exact) mass is 337 g/mol. The smallest absolute Gasteiger partial charge is 0.303 e. The normalized spacial score (nSPS) is 11.8. The maximum Gasteiger partial charge on any atom is 0.303 e. The van der Waals surface area contributed by atoms with Crippen molar-refractivity contribution >= 4 is 39.2 Å². The van der Waals surface area contributed by atoms with Crippen LogP contribution in [0.1, 0.15) is 35.4 Å². The number of nitrogens with zero attached hydrogens (tertiary/aromatic N) is 1. The highest BCUT2D eigenvalue weighted by Crippen LogP contribution is 2.31. The number of aromatic nitrogens is 1. The molecule has 0 spiro atoms. The van der Waals surface area contributed by atoms with Gasteiger partial charge in [0.05, 0.1) is 10.2 Å². The van der Waals surface area contributed by atoms with Gasteiger partial charge < -0.3 is 5.11 Å². The number of thiazole rings is 1. The van der Waals surface area contributed by atoms with Gasteiger partial charge in [0.2, 0.25) is 0 Å². The largest absolute Gasteiger partial charge is 0.481 e. The molecule has 0 fully saturated rings. The number of para-hydroxylation sites is 1. The van der Waals surface area contributed by atoms with Gasteiger partial charge in [0.15, 0.2) is 0 Å². The predicted octanol–water partition coefficient (Wildman–Crippen LogP) is 5.40. The van der Waals surface area contributed by atoms with Gasteiger partial charge in [-0.2, -0.15) is 0 Å². The van der Waals surface area contributed by atoms with Crippen molar-refractivity contribution in [3.8, 4) is 0 Å². The number of rotatable bonds is 6. The highest BCUT2D eigenvalue weighted by Gasteiger charge is 2.10. The van der Waals surface area contributed by atoms with Gasteiger partial charge in [-0.15, -0.1) is 11.3 Å². The number of hydrogen-bond acceptors (Lipinski definition) is 3. The van der Waals surface area contributed by atoms with Crippen LogP contribution in [-0.4, -0.2) is 16.1 Å². The van der Waals surface area contributed by atoms with Crippen molar-refractivity contribution in [2.45, 2.75) is 26.2 Å². The van der Waals surface area contributed by atoms with Crippen molar-refractivity contribution in [1.29, 1.82) is 0 Å². The summed E-state index contributed by atoms with van der Waals surface area (Å²) in [5, 5.41) is 9.89. The fourth-order valence-corrected chi connectivity index (χ4v) is 3.63. The van der Waals surface area contributed by atoms with Gasteiger partial charge in [-0.3, -0.25) is 4.79 Å². The maximum atomic E-state index is 10.8. The first kappa shape index (κ1) is 16.4. The molecule has 0 atom stereocenters. The molecule has 0 aliphatic heterocycles. The van der Waals surface area contributed by atoms with Crippen LogP contribution < -0.4 is 0 Å². The highest BCUT2D eigenvalue weighted by molar-refractivity contribution is 7.19. The second-order valence-corrected chi connectivity index (χ2v) is 6.79. The van der Waals surface area contributed by atoms with E-state index >= 15 is 0 Å². The third-order valence-corrected chi connectivity index (χ3v) is 5.04. The molecule has 0 aliphatic carbocycles. The number of fused-ring (bicyclic) bond motifs is 1. The van der Waals surface area contributed by atoms with E-state index in [4.69, 9.17) is 10.1 Å². The number of carboxylic acid groups (broad SMARTS) is 1. The molecule has 1 heterocycles. The number of aryl methyl sites for hydroxylation is 1. The number of hydrogen-bond donors (Lipinski definition) is 1. The minimum absolute atomic E-state index is 0.177. The van der Waals surface area contributed by atoms with Crippen LogP contribution in [0.5, 0.6) is 0 Å². The van der Waals surface area contributed by atoms with Gasteiger partial charge in [0.1, 0.15) is 5.01 Å². The molecule has 24 heavy (non-hydrogen) atoms. The Bertz CT molecular complexity index is 862. The van der Waals surface area contributed by atoms with Crippen molar-refractivity contribution in [1.82, 2.24) is 4.98 Å². The average Bonchev–Trinajstić information content (AvgIpc) is 2.99. The fourth-order valence-electron chi connectivity index (χ4n) is 2.62. The molecule has 0 saturated heterocycles. The number of allylic oxidation sites excluding steroid dienone is 1. The van der Waals surface area contributed by atoms with E-state index < -0.39 is 5.97 Å². The minimum Gasteiger partial charge on any atom is -0.481 e. The first-order valence-electron chi connectivity index (χ1n) is 7.97. The van der Waals surface area contributed by atoms with E-state index in [1.54, 1.807) is 11.3 Å². The Morgan fingerprint density at radius 2 is 1.88 bits per heavy atom. The third kappa shape index (κ3) is 3.89. The number of benzene rings is 2. The molecule has 4 heteroatoms. The minimum atomic E-state index is -0.755. The second kappa shape index (κ2) is 7.41. The van der Waals surface area contributed by atoms with E-state index in [2.05, 4.69) is 31.2 Å². The quantitative estimate of drug-likeness (QED) is 0.655. The summed E-state index contributed by atoms with van der Waals surface area (Å²) in [6.45, 7) is 2.08. The van der Waals surface area contributed by atoms with E-state index in [9.17, 15) is 4.79 Å². The summed E-state index contributed by atoms with van der Waals surface area (Å²) in [7, 11) is 0. The molecular formula is C20H19NO2S. The summed E-state index contributed by atoms with van der Waals surface area (Å²) in [6.07, 6.45) is 3.65. The van der Waals surface area contributed by atoms with Crippen LogP contribution in [0.4, 0.5) is 0 Å². The zero-order chi connectivity index (χ0) is 16.9. The molecule has 0 bridgehead atoms. The second-order valence-electron chi connectivity index (χ2n) is 5.76. The van der Waals surface area contributed by atoms with Gasteiger partial charge in [-0.25, -0.2) is 4.98 Å². The Labute approximate surface area is 145 Å². The van der Waals surface area contributed by atoms with E-state index in [1.165, 1.54) is 5.56 Å². The molecule has 0 unspecified atom stereocenters. The first-order valence-corrected chi connectivity index (χ1v) is 8.79. The van der Waals surface area contributed by atoms with Gasteiger partial charge in [-0.05, 0) is 54.7 Å². The van der Waals surface area contributed by atoms with Gasteiger partial charge >= 0.3 is 5.97 Å². The van der Waals surface area contributed by atoms with Crippen molar-refractivity contribution < 1.29 is 9.90 Å². The topological polar surface area (TPSA) is 50.2 Å². The van der Waals surface area contributed by atoms with Crippen LogP contribution in [0.3, 0.4) is 0 Å². The van der Waals surface area contributed by atoms with E-state index in [0.29, 0.717) is 12.8 Å². The fraction of sp³-hybridized carbons (Fsp3) is 0.200. The molecule has 122 valence electrons. The molecule has 3 aromatic rings. The van der Waals surface area contributed by atoms with Crippen molar-refractivity contribution in [2.75, 3.05) is 0 Å². The summed E-state index contributed by atoms with van der Waals surface area (Å²) in [4.78, 5) is 15.6. The Kier molecular flexibility index (Phi) is 5.06. The lowest BCUT2D eigenvalue weighted by Gasteiger charge is -2.06. The zero-order valence-corrected chi connectivity index (χ0v) is 14.3. The van der Waals surface area contributed by atoms with Crippen LogP contribution in [0.2, 0.25) is 0 Å². The average molecular weight is 337 g/mol. The molecule has 3 rings (SSSR count). The third-order valence-electron chi connectivity index (χ3n) is 3.92. The number of carbonyl (C=O) groups is 1. The van der Waals surface area contributed by atoms with Crippen LogP contribution in [0.15, 0.2) is 48.5 Å². The lowest BCUT2D eigenvalue weighted by molar-refractivity contribution is -0.137. The summed E-state index contributed by atoms with van der Waals surface area (Å²) >= 11 is 1.66. The molecule has 2 aromatic carbocycles. The highest BCUT2D eigenvalue weighted by atomic mass is 32.1. The van der Waals surface area contributed by atoms with Gasteiger partial charge in [-0.1, -0.05) is 36.4 Å². The predicted molar refractivity (Wildman–Crippen MR) is 100 cm³/mol. The summed E-state index contributed by atoms with van der Waals surface area (Å²) < 4.78 is 1.15. The number of carboxylic acids is 1. The first-order chi connectivity index (χ1) is 11.6. The Balaban J connectivity index is 1.97. The SMILES string of the molecule is Cc1ccccc1/C=C(\CCCC(=O)O)c1nc2ccccc2s1. The van der Waals surface area contributed by atoms with Crippen LogP contribution >= 0.6 is 11.3 Å². The summed E-state index contributed by atoms with van der Waals surface area (Å²) in [6, 6.07) is 16.3. The lowest BCUT2D eigenvalue weighted by Crippen LogP contribution is -1.95. The molecular weight excluding hydrogens is 318 g/mol. The van der Waals surface area contributed by atoms with E-state index in [0.717, 1.165) is 26.4 Å². The van der Waals surface area contributed by atoms with E-state index in [1.807, 2.05) is 30.3 Å². The van der Waals surface area contributed by atoms with Crippen LogP contribution in [0.25, 0.3) is 21.9 Å².